The SMILES string of the molecule is Cc1nc(S(=O)(=O)NCCC(=O)N2CCC[C@H](C)C2)cn1C. The Morgan fingerprint density at radius 2 is 2.23 bits per heavy atom. The molecule has 1 aromatic heterocycles. The second kappa shape index (κ2) is 6.78. The molecule has 0 aliphatic carbocycles. The van der Waals surface area contributed by atoms with Gasteiger partial charge in [-0.05, 0) is 25.7 Å². The molecule has 8 heteroatoms. The van der Waals surface area contributed by atoms with Crippen molar-refractivity contribution in [2.24, 2.45) is 13.0 Å². The molecule has 2 rings (SSSR count). The lowest BCUT2D eigenvalue weighted by Gasteiger charge is -2.31. The molecular formula is C14H24N4O3S. The van der Waals surface area contributed by atoms with Gasteiger partial charge in [0.1, 0.15) is 5.82 Å². The van der Waals surface area contributed by atoms with Crippen molar-refractivity contribution in [1.82, 2.24) is 19.2 Å². The van der Waals surface area contributed by atoms with Crippen LogP contribution in [0.1, 0.15) is 32.0 Å². The Balaban J connectivity index is 1.86. The third kappa shape index (κ3) is 4.07. The molecule has 0 unspecified atom stereocenters. The van der Waals surface area contributed by atoms with Gasteiger partial charge in [-0.25, -0.2) is 18.1 Å². The van der Waals surface area contributed by atoms with Crippen LogP contribution in [0.5, 0.6) is 0 Å². The van der Waals surface area contributed by atoms with Crippen molar-refractivity contribution in [1.29, 1.82) is 0 Å². The van der Waals surface area contributed by atoms with Gasteiger partial charge < -0.3 is 9.47 Å². The number of hydrogen-bond donors (Lipinski definition) is 1. The quantitative estimate of drug-likeness (QED) is 0.860. The number of aromatic nitrogens is 2. The highest BCUT2D eigenvalue weighted by molar-refractivity contribution is 7.89. The first-order valence-corrected chi connectivity index (χ1v) is 9.05. The topological polar surface area (TPSA) is 84.3 Å². The van der Waals surface area contributed by atoms with Crippen LogP contribution in [0.3, 0.4) is 0 Å². The average Bonchev–Trinajstić information content (AvgIpc) is 2.79. The van der Waals surface area contributed by atoms with Gasteiger partial charge in [0.15, 0.2) is 5.03 Å². The van der Waals surface area contributed by atoms with Gasteiger partial charge in [-0.1, -0.05) is 6.92 Å². The first kappa shape index (κ1) is 17.0. The van der Waals surface area contributed by atoms with Crippen molar-refractivity contribution in [3.8, 4) is 0 Å². The number of sulfonamides is 1. The molecule has 1 atom stereocenters. The van der Waals surface area contributed by atoms with E-state index in [2.05, 4.69) is 16.6 Å². The molecule has 0 radical (unpaired) electrons. The largest absolute Gasteiger partial charge is 0.342 e. The summed E-state index contributed by atoms with van der Waals surface area (Å²) in [5, 5.41) is -0.00783. The second-order valence-corrected chi connectivity index (χ2v) is 7.69. The smallest absolute Gasteiger partial charge is 0.259 e. The number of nitrogens with one attached hydrogen (secondary N) is 1. The van der Waals surface area contributed by atoms with Crippen molar-refractivity contribution < 1.29 is 13.2 Å². The molecule has 1 aliphatic rings. The van der Waals surface area contributed by atoms with Crippen LogP contribution in [-0.4, -0.2) is 48.4 Å². The maximum atomic E-state index is 12.1. The number of rotatable bonds is 5. The Morgan fingerprint density at radius 3 is 2.82 bits per heavy atom. The molecule has 1 saturated heterocycles. The highest BCUT2D eigenvalue weighted by Gasteiger charge is 2.22. The standard InChI is InChI=1S/C14H24N4O3S/c1-11-5-4-8-18(9-11)14(19)6-7-15-22(20,21)13-10-17(3)12(2)16-13/h10-11,15H,4-9H2,1-3H3/t11-/m0/s1. The predicted molar refractivity (Wildman–Crippen MR) is 82.7 cm³/mol. The fraction of sp³-hybridized carbons (Fsp3) is 0.714. The lowest BCUT2D eigenvalue weighted by Crippen LogP contribution is -2.40. The molecule has 124 valence electrons. The number of piperidine rings is 1. The molecule has 0 spiro atoms. The first-order valence-electron chi connectivity index (χ1n) is 7.57. The van der Waals surface area contributed by atoms with Gasteiger partial charge in [0.25, 0.3) is 10.0 Å². The van der Waals surface area contributed by atoms with Crippen molar-refractivity contribution in [2.75, 3.05) is 19.6 Å². The number of carbonyl (C=O) groups excluding carboxylic acids is 1. The summed E-state index contributed by atoms with van der Waals surface area (Å²) in [6.07, 6.45) is 3.81. The van der Waals surface area contributed by atoms with Crippen molar-refractivity contribution in [3.63, 3.8) is 0 Å². The zero-order valence-electron chi connectivity index (χ0n) is 13.4. The van der Waals surface area contributed by atoms with E-state index >= 15 is 0 Å². The van der Waals surface area contributed by atoms with E-state index in [1.54, 1.807) is 18.5 Å². The van der Waals surface area contributed by atoms with Gasteiger partial charge in [-0.2, -0.15) is 0 Å². The summed E-state index contributed by atoms with van der Waals surface area (Å²) in [6, 6.07) is 0. The van der Waals surface area contributed by atoms with E-state index in [-0.39, 0.29) is 23.9 Å². The maximum absolute atomic E-state index is 12.1. The van der Waals surface area contributed by atoms with Gasteiger partial charge in [-0.3, -0.25) is 4.79 Å². The van der Waals surface area contributed by atoms with E-state index in [0.717, 1.165) is 25.9 Å². The number of amides is 1. The van der Waals surface area contributed by atoms with Crippen LogP contribution in [0, 0.1) is 12.8 Å². The van der Waals surface area contributed by atoms with Crippen molar-refractivity contribution in [2.45, 2.75) is 38.1 Å². The Labute approximate surface area is 131 Å². The minimum absolute atomic E-state index is 0.00597. The van der Waals surface area contributed by atoms with Crippen molar-refractivity contribution in [3.05, 3.63) is 12.0 Å². The van der Waals surface area contributed by atoms with E-state index in [1.165, 1.54) is 6.20 Å². The minimum atomic E-state index is -3.65. The van der Waals surface area contributed by atoms with E-state index in [0.29, 0.717) is 11.7 Å². The summed E-state index contributed by atoms with van der Waals surface area (Å²) in [6.45, 7) is 5.51. The zero-order chi connectivity index (χ0) is 16.3. The van der Waals surface area contributed by atoms with E-state index in [4.69, 9.17) is 0 Å². The van der Waals surface area contributed by atoms with Crippen molar-refractivity contribution >= 4 is 15.9 Å². The summed E-state index contributed by atoms with van der Waals surface area (Å²) in [5.41, 5.74) is 0. The van der Waals surface area contributed by atoms with Crippen LogP contribution in [0.25, 0.3) is 0 Å². The van der Waals surface area contributed by atoms with Crippen LogP contribution < -0.4 is 4.72 Å². The maximum Gasteiger partial charge on any atom is 0.259 e. The molecular weight excluding hydrogens is 304 g/mol. The molecule has 7 nitrogen and oxygen atoms in total. The summed E-state index contributed by atoms with van der Waals surface area (Å²) in [5.74, 6) is 1.15. The van der Waals surface area contributed by atoms with Gasteiger partial charge in [0.2, 0.25) is 5.91 Å². The fourth-order valence-electron chi connectivity index (χ4n) is 2.60. The van der Waals surface area contributed by atoms with E-state index < -0.39 is 10.0 Å². The Morgan fingerprint density at radius 1 is 1.50 bits per heavy atom. The molecule has 1 aromatic rings. The fourth-order valence-corrected chi connectivity index (χ4v) is 3.66. The molecule has 22 heavy (non-hydrogen) atoms. The Kier molecular flexibility index (Phi) is 5.23. The molecule has 1 fully saturated rings. The number of nitrogens with zero attached hydrogens (tertiary/aromatic N) is 3. The molecule has 0 saturated carbocycles. The Bertz CT molecular complexity index is 619. The van der Waals surface area contributed by atoms with Gasteiger partial charge in [0.05, 0.1) is 0 Å². The summed E-state index contributed by atoms with van der Waals surface area (Å²) in [7, 11) is -1.91. The van der Waals surface area contributed by atoms with Gasteiger partial charge in [-0.15, -0.1) is 0 Å². The highest BCUT2D eigenvalue weighted by atomic mass is 32.2. The number of aryl methyl sites for hydroxylation is 2. The first-order chi connectivity index (χ1) is 10.3. The number of likely N-dealkylation sites (tertiary alicyclic amines) is 1. The van der Waals surface area contributed by atoms with Crippen LogP contribution in [0.15, 0.2) is 11.2 Å². The number of hydrogen-bond acceptors (Lipinski definition) is 4. The monoisotopic (exact) mass is 328 g/mol. The second-order valence-electron chi connectivity index (χ2n) is 5.97. The lowest BCUT2D eigenvalue weighted by molar-refractivity contribution is -0.132. The summed E-state index contributed by atoms with van der Waals surface area (Å²) < 4.78 is 28.3. The number of carbonyl (C=O) groups is 1. The van der Waals surface area contributed by atoms with E-state index in [9.17, 15) is 13.2 Å². The zero-order valence-corrected chi connectivity index (χ0v) is 14.2. The van der Waals surface area contributed by atoms with Crippen LogP contribution in [-0.2, 0) is 21.9 Å². The minimum Gasteiger partial charge on any atom is -0.342 e. The average molecular weight is 328 g/mol. The normalized spacial score (nSPS) is 19.4. The predicted octanol–water partition coefficient (Wildman–Crippen LogP) is 0.655. The third-order valence-electron chi connectivity index (χ3n) is 4.00. The molecule has 1 amide bonds. The molecule has 0 bridgehead atoms. The van der Waals surface area contributed by atoms with E-state index in [1.807, 2.05) is 4.90 Å². The van der Waals surface area contributed by atoms with Crippen LogP contribution >= 0.6 is 0 Å². The van der Waals surface area contributed by atoms with Crippen LogP contribution in [0.4, 0.5) is 0 Å². The van der Waals surface area contributed by atoms with Crippen LogP contribution in [0.2, 0.25) is 0 Å². The molecule has 0 aromatic carbocycles. The molecule has 2 heterocycles. The highest BCUT2D eigenvalue weighted by Crippen LogP contribution is 2.16. The third-order valence-corrected chi connectivity index (χ3v) is 5.33. The molecule has 1 aliphatic heterocycles. The summed E-state index contributed by atoms with van der Waals surface area (Å²) in [4.78, 5) is 17.9. The van der Waals surface area contributed by atoms with Gasteiger partial charge >= 0.3 is 0 Å². The molecule has 1 N–H and O–H groups in total. The lowest BCUT2D eigenvalue weighted by atomic mass is 10.0. The van der Waals surface area contributed by atoms with Gasteiger partial charge in [0, 0.05) is 39.3 Å². The summed E-state index contributed by atoms with van der Waals surface area (Å²) >= 11 is 0. The number of imidazole rings is 1. The Hall–Kier alpha value is -1.41.